The van der Waals surface area contributed by atoms with Gasteiger partial charge in [-0.25, -0.2) is 0 Å². The average molecular weight is 525 g/mol. The first-order valence-corrected chi connectivity index (χ1v) is 11.2. The van der Waals surface area contributed by atoms with Crippen molar-refractivity contribution in [1.82, 2.24) is 14.4 Å². The number of aromatic hydroxyl groups is 1. The van der Waals surface area contributed by atoms with E-state index in [1.165, 1.54) is 12.1 Å². The molecule has 0 spiro atoms. The van der Waals surface area contributed by atoms with E-state index in [-0.39, 0.29) is 22.2 Å². The van der Waals surface area contributed by atoms with Gasteiger partial charge in [0.2, 0.25) is 5.88 Å². The molecule has 1 amide bonds. The fourth-order valence-electron chi connectivity index (χ4n) is 3.54. The average Bonchev–Trinajstić information content (AvgIpc) is 2.98. The monoisotopic (exact) mass is 523 g/mol. The van der Waals surface area contributed by atoms with Gasteiger partial charge in [0.1, 0.15) is 0 Å². The molecule has 162 valence electrons. The van der Waals surface area contributed by atoms with Crippen molar-refractivity contribution in [2.45, 2.75) is 6.67 Å². The minimum atomic E-state index is -0.615. The maximum Gasteiger partial charge on any atom is 0.296 e. The van der Waals surface area contributed by atoms with Crippen LogP contribution < -0.4 is 0 Å². The Bertz CT molecular complexity index is 1170. The third kappa shape index (κ3) is 4.78. The summed E-state index contributed by atoms with van der Waals surface area (Å²) in [6, 6.07) is 10.2. The fourth-order valence-corrected chi connectivity index (χ4v) is 4.39. The molecule has 7 nitrogen and oxygen atoms in total. The van der Waals surface area contributed by atoms with Gasteiger partial charge in [0.05, 0.1) is 22.8 Å². The molecule has 10 heteroatoms. The highest BCUT2D eigenvalue weighted by Crippen LogP contribution is 2.40. The van der Waals surface area contributed by atoms with Gasteiger partial charge < -0.3 is 10.0 Å². The summed E-state index contributed by atoms with van der Waals surface area (Å²) in [4.78, 5) is 17.1. The maximum absolute atomic E-state index is 12.5. The van der Waals surface area contributed by atoms with Crippen LogP contribution in [0, 0.1) is 0 Å². The zero-order chi connectivity index (χ0) is 22.1. The number of hydrogen-bond donors (Lipinski definition) is 1. The van der Waals surface area contributed by atoms with Crippen LogP contribution in [0.15, 0.2) is 51.1 Å². The SMILES string of the molecule is CN1CCN(Cn2c(O)c(N=NC(=O)c3ccc(Cl)cc3Cl)c3cc(Br)ccc32)CC1. The number of fused-ring (bicyclic) bond motifs is 1. The second-order valence-corrected chi connectivity index (χ2v) is 9.21. The van der Waals surface area contributed by atoms with Crippen molar-refractivity contribution in [2.24, 2.45) is 10.2 Å². The van der Waals surface area contributed by atoms with Gasteiger partial charge in [-0.05, 0) is 43.4 Å². The van der Waals surface area contributed by atoms with Gasteiger partial charge in [-0.15, -0.1) is 10.2 Å². The second-order valence-electron chi connectivity index (χ2n) is 7.45. The van der Waals surface area contributed by atoms with Crippen LogP contribution in [-0.2, 0) is 6.67 Å². The number of aromatic nitrogens is 1. The van der Waals surface area contributed by atoms with E-state index in [9.17, 15) is 9.90 Å². The largest absolute Gasteiger partial charge is 0.493 e. The molecule has 2 aromatic carbocycles. The summed E-state index contributed by atoms with van der Waals surface area (Å²) in [6.07, 6.45) is 0. The normalized spacial score (nSPS) is 15.9. The van der Waals surface area contributed by atoms with Crippen molar-refractivity contribution >= 4 is 61.6 Å². The summed E-state index contributed by atoms with van der Waals surface area (Å²) >= 11 is 15.5. The predicted molar refractivity (Wildman–Crippen MR) is 126 cm³/mol. The lowest BCUT2D eigenvalue weighted by Gasteiger charge is -2.32. The standard InChI is InChI=1S/C21H20BrCl2N5O2/c1-27-6-8-28(9-7-27)12-29-18-5-2-13(22)10-16(18)19(21(29)31)25-26-20(30)15-4-3-14(23)11-17(15)24/h2-5,10-11,31H,6-9,12H2,1H3. The Hall–Kier alpha value is -1.97. The van der Waals surface area contributed by atoms with Crippen molar-refractivity contribution in [3.05, 3.63) is 56.5 Å². The first-order chi connectivity index (χ1) is 14.8. The molecule has 31 heavy (non-hydrogen) atoms. The Kier molecular flexibility index (Phi) is 6.64. The van der Waals surface area contributed by atoms with Crippen molar-refractivity contribution < 1.29 is 9.90 Å². The summed E-state index contributed by atoms with van der Waals surface area (Å²) < 4.78 is 2.63. The molecule has 0 unspecified atom stereocenters. The van der Waals surface area contributed by atoms with Crippen LogP contribution in [-0.4, -0.2) is 58.6 Å². The molecule has 0 bridgehead atoms. The zero-order valence-corrected chi connectivity index (χ0v) is 19.8. The molecule has 1 aliphatic rings. The van der Waals surface area contributed by atoms with Gasteiger partial charge >= 0.3 is 0 Å². The Balaban J connectivity index is 1.68. The number of carbonyl (C=O) groups excluding carboxylic acids is 1. The van der Waals surface area contributed by atoms with E-state index < -0.39 is 5.91 Å². The van der Waals surface area contributed by atoms with Gasteiger partial charge in [-0.1, -0.05) is 39.1 Å². The Morgan fingerprint density at radius 1 is 1.13 bits per heavy atom. The highest BCUT2D eigenvalue weighted by Gasteiger charge is 2.21. The molecule has 3 aromatic rings. The number of carbonyl (C=O) groups is 1. The van der Waals surface area contributed by atoms with Gasteiger partial charge in [-0.2, -0.15) is 0 Å². The van der Waals surface area contributed by atoms with Crippen molar-refractivity contribution in [1.29, 1.82) is 0 Å². The Morgan fingerprint density at radius 3 is 2.58 bits per heavy atom. The van der Waals surface area contributed by atoms with E-state index in [2.05, 4.69) is 43.0 Å². The smallest absolute Gasteiger partial charge is 0.296 e. The number of azo groups is 1. The number of piperazine rings is 1. The van der Waals surface area contributed by atoms with Crippen molar-refractivity contribution in [3.63, 3.8) is 0 Å². The van der Waals surface area contributed by atoms with E-state index >= 15 is 0 Å². The van der Waals surface area contributed by atoms with Crippen LogP contribution in [0.5, 0.6) is 5.88 Å². The number of likely N-dealkylation sites (N-methyl/N-ethyl adjacent to an activating group) is 1. The summed E-state index contributed by atoms with van der Waals surface area (Å²) in [5.74, 6) is -0.651. The van der Waals surface area contributed by atoms with E-state index in [1.54, 1.807) is 10.6 Å². The Labute approximate surface area is 198 Å². The molecule has 0 atom stereocenters. The van der Waals surface area contributed by atoms with E-state index in [0.717, 1.165) is 36.2 Å². The van der Waals surface area contributed by atoms with Crippen LogP contribution in [0.2, 0.25) is 10.0 Å². The molecule has 1 N–H and O–H groups in total. The van der Waals surface area contributed by atoms with Gasteiger partial charge in [0.15, 0.2) is 5.69 Å². The molecule has 1 saturated heterocycles. The van der Waals surface area contributed by atoms with E-state index in [4.69, 9.17) is 23.2 Å². The summed E-state index contributed by atoms with van der Waals surface area (Å²) in [5.41, 5.74) is 1.24. The van der Waals surface area contributed by atoms with Gasteiger partial charge in [0.25, 0.3) is 5.91 Å². The number of amides is 1. The number of hydrogen-bond acceptors (Lipinski definition) is 5. The lowest BCUT2D eigenvalue weighted by molar-refractivity contribution is 0.0995. The lowest BCUT2D eigenvalue weighted by Crippen LogP contribution is -2.44. The first-order valence-electron chi connectivity index (χ1n) is 9.66. The third-order valence-corrected chi connectivity index (χ3v) is 6.35. The number of benzene rings is 2. The topological polar surface area (TPSA) is 73.4 Å². The van der Waals surface area contributed by atoms with Crippen molar-refractivity contribution in [3.8, 4) is 5.88 Å². The van der Waals surface area contributed by atoms with Crippen molar-refractivity contribution in [2.75, 3.05) is 33.2 Å². The van der Waals surface area contributed by atoms with Crippen LogP contribution >= 0.6 is 39.1 Å². The fraction of sp³-hybridized carbons (Fsp3) is 0.286. The lowest BCUT2D eigenvalue weighted by atomic mass is 10.2. The van der Waals surface area contributed by atoms with Crippen LogP contribution in [0.25, 0.3) is 10.9 Å². The highest BCUT2D eigenvalue weighted by atomic mass is 79.9. The van der Waals surface area contributed by atoms with Crippen LogP contribution in [0.1, 0.15) is 10.4 Å². The molecule has 1 aromatic heterocycles. The highest BCUT2D eigenvalue weighted by molar-refractivity contribution is 9.10. The maximum atomic E-state index is 12.5. The van der Waals surface area contributed by atoms with Crippen LogP contribution in [0.4, 0.5) is 5.69 Å². The zero-order valence-electron chi connectivity index (χ0n) is 16.7. The minimum absolute atomic E-state index is 0.0363. The first kappa shape index (κ1) is 22.2. The van der Waals surface area contributed by atoms with E-state index in [1.807, 2.05) is 18.2 Å². The molecule has 1 fully saturated rings. The minimum Gasteiger partial charge on any atom is -0.493 e. The molecule has 1 aliphatic heterocycles. The Morgan fingerprint density at radius 2 is 1.87 bits per heavy atom. The quantitative estimate of drug-likeness (QED) is 0.454. The predicted octanol–water partition coefficient (Wildman–Crippen LogP) is 5.55. The summed E-state index contributed by atoms with van der Waals surface area (Å²) in [5, 5.41) is 20.2. The molecule has 4 rings (SSSR count). The van der Waals surface area contributed by atoms with Gasteiger partial charge in [-0.3, -0.25) is 14.3 Å². The number of nitrogens with zero attached hydrogens (tertiary/aromatic N) is 5. The third-order valence-electron chi connectivity index (χ3n) is 5.31. The molecule has 0 radical (unpaired) electrons. The molecule has 0 saturated carbocycles. The van der Waals surface area contributed by atoms with E-state index in [0.29, 0.717) is 17.1 Å². The van der Waals surface area contributed by atoms with Gasteiger partial charge in [0, 0.05) is 41.1 Å². The van der Waals surface area contributed by atoms with Crippen LogP contribution in [0.3, 0.4) is 0 Å². The second kappa shape index (κ2) is 9.26. The summed E-state index contributed by atoms with van der Waals surface area (Å²) in [7, 11) is 2.10. The molecule has 2 heterocycles. The molecular formula is C21H20BrCl2N5O2. The number of rotatable bonds is 4. The molecular weight excluding hydrogens is 505 g/mol. The molecule has 0 aliphatic carbocycles. The number of halogens is 3. The summed E-state index contributed by atoms with van der Waals surface area (Å²) in [6.45, 7) is 4.25.